The second-order valence-electron chi connectivity index (χ2n) is 5.21. The second kappa shape index (κ2) is 6.04. The zero-order chi connectivity index (χ0) is 16.4. The van der Waals surface area contributed by atoms with Crippen molar-refractivity contribution in [1.82, 2.24) is 0 Å². The molecule has 1 heterocycles. The summed E-state index contributed by atoms with van der Waals surface area (Å²) in [4.78, 5) is 12.3. The number of phenolic OH excluding ortho intramolecular Hbond substituents is 2. The van der Waals surface area contributed by atoms with E-state index in [0.717, 1.165) is 5.56 Å². The van der Waals surface area contributed by atoms with Gasteiger partial charge in [-0.3, -0.25) is 4.79 Å². The van der Waals surface area contributed by atoms with E-state index in [9.17, 15) is 15.0 Å². The predicted molar refractivity (Wildman–Crippen MR) is 86.2 cm³/mol. The summed E-state index contributed by atoms with van der Waals surface area (Å²) in [5.74, 6) is -0.0949. The molecule has 0 radical (unpaired) electrons. The van der Waals surface area contributed by atoms with Crippen LogP contribution < -0.4 is 10.2 Å². The average molecular weight is 312 g/mol. The van der Waals surface area contributed by atoms with Gasteiger partial charge in [0.05, 0.1) is 7.11 Å². The van der Waals surface area contributed by atoms with E-state index in [2.05, 4.69) is 0 Å². The Hall–Kier alpha value is -2.95. The molecule has 0 aliphatic rings. The summed E-state index contributed by atoms with van der Waals surface area (Å²) in [5.41, 5.74) is 0.678. The SMILES string of the molecule is COc1cc(O)c2oc(CCc3ccccc3)cc(=O)c2c1O. The highest BCUT2D eigenvalue weighted by Crippen LogP contribution is 2.38. The van der Waals surface area contributed by atoms with Crippen molar-refractivity contribution in [3.8, 4) is 17.2 Å². The van der Waals surface area contributed by atoms with Gasteiger partial charge in [0.1, 0.15) is 11.1 Å². The van der Waals surface area contributed by atoms with Crippen molar-refractivity contribution in [3.63, 3.8) is 0 Å². The molecule has 5 nitrogen and oxygen atoms in total. The molecule has 0 atom stereocenters. The van der Waals surface area contributed by atoms with E-state index in [1.807, 2.05) is 30.3 Å². The lowest BCUT2D eigenvalue weighted by atomic mass is 10.1. The van der Waals surface area contributed by atoms with Crippen molar-refractivity contribution in [2.45, 2.75) is 12.8 Å². The first-order chi connectivity index (χ1) is 11.1. The predicted octanol–water partition coefficient (Wildman–Crippen LogP) is 3.00. The molecule has 2 aromatic carbocycles. The van der Waals surface area contributed by atoms with Crippen molar-refractivity contribution in [2.24, 2.45) is 0 Å². The molecule has 0 fully saturated rings. The van der Waals surface area contributed by atoms with E-state index in [4.69, 9.17) is 9.15 Å². The van der Waals surface area contributed by atoms with Gasteiger partial charge in [0, 0.05) is 18.6 Å². The molecule has 0 saturated heterocycles. The summed E-state index contributed by atoms with van der Waals surface area (Å²) >= 11 is 0. The minimum atomic E-state index is -0.416. The number of phenols is 2. The topological polar surface area (TPSA) is 79.9 Å². The lowest BCUT2D eigenvalue weighted by Gasteiger charge is -2.09. The zero-order valence-electron chi connectivity index (χ0n) is 12.6. The van der Waals surface area contributed by atoms with Crippen LogP contribution in [0.15, 0.2) is 51.7 Å². The molecular formula is C18H16O5. The Labute approximate surface area is 132 Å². The minimum absolute atomic E-state index is 0.0272. The summed E-state index contributed by atoms with van der Waals surface area (Å²) < 4.78 is 10.5. The molecule has 3 aromatic rings. The van der Waals surface area contributed by atoms with Gasteiger partial charge >= 0.3 is 0 Å². The first kappa shape index (κ1) is 15.0. The Morgan fingerprint density at radius 1 is 1.09 bits per heavy atom. The maximum absolute atomic E-state index is 12.3. The van der Waals surface area contributed by atoms with Crippen LogP contribution in [0.25, 0.3) is 11.0 Å². The van der Waals surface area contributed by atoms with E-state index in [0.29, 0.717) is 18.6 Å². The molecule has 23 heavy (non-hydrogen) atoms. The van der Waals surface area contributed by atoms with Gasteiger partial charge in [0.2, 0.25) is 0 Å². The molecule has 0 amide bonds. The third-order valence-electron chi connectivity index (χ3n) is 3.69. The number of fused-ring (bicyclic) bond motifs is 1. The van der Waals surface area contributed by atoms with Crippen LogP contribution in [0.3, 0.4) is 0 Å². The lowest BCUT2D eigenvalue weighted by molar-refractivity contribution is 0.369. The summed E-state index contributed by atoms with van der Waals surface area (Å²) in [6.45, 7) is 0. The van der Waals surface area contributed by atoms with Gasteiger partial charge in [-0.15, -0.1) is 0 Å². The molecule has 3 rings (SSSR count). The Kier molecular flexibility index (Phi) is 3.93. The molecule has 5 heteroatoms. The maximum Gasteiger partial charge on any atom is 0.197 e. The Morgan fingerprint density at radius 2 is 1.83 bits per heavy atom. The van der Waals surface area contributed by atoms with Crippen LogP contribution in [0.5, 0.6) is 17.2 Å². The fourth-order valence-corrected chi connectivity index (χ4v) is 2.52. The minimum Gasteiger partial charge on any atom is -0.504 e. The van der Waals surface area contributed by atoms with Gasteiger partial charge in [-0.2, -0.15) is 0 Å². The smallest absolute Gasteiger partial charge is 0.197 e. The van der Waals surface area contributed by atoms with E-state index in [-0.39, 0.29) is 28.2 Å². The quantitative estimate of drug-likeness (QED) is 0.724. The van der Waals surface area contributed by atoms with Crippen LogP contribution in [0.4, 0.5) is 0 Å². The monoisotopic (exact) mass is 312 g/mol. The van der Waals surface area contributed by atoms with Crippen LogP contribution in [0.1, 0.15) is 11.3 Å². The van der Waals surface area contributed by atoms with E-state index in [1.54, 1.807) is 0 Å². The molecule has 118 valence electrons. The average Bonchev–Trinajstić information content (AvgIpc) is 2.56. The highest BCUT2D eigenvalue weighted by molar-refractivity contribution is 5.90. The number of aromatic hydroxyl groups is 2. The van der Waals surface area contributed by atoms with E-state index in [1.165, 1.54) is 19.2 Å². The summed E-state index contributed by atoms with van der Waals surface area (Å²) in [6, 6.07) is 12.4. The molecule has 0 bridgehead atoms. The van der Waals surface area contributed by atoms with Gasteiger partial charge in [-0.05, 0) is 12.0 Å². The Balaban J connectivity index is 2.01. The second-order valence-corrected chi connectivity index (χ2v) is 5.21. The van der Waals surface area contributed by atoms with Gasteiger partial charge in [0.25, 0.3) is 0 Å². The van der Waals surface area contributed by atoms with Crippen molar-refractivity contribution < 1.29 is 19.4 Å². The number of hydrogen-bond acceptors (Lipinski definition) is 5. The third-order valence-corrected chi connectivity index (χ3v) is 3.69. The maximum atomic E-state index is 12.3. The van der Waals surface area contributed by atoms with E-state index >= 15 is 0 Å². The van der Waals surface area contributed by atoms with Crippen LogP contribution in [0.2, 0.25) is 0 Å². The van der Waals surface area contributed by atoms with E-state index < -0.39 is 5.43 Å². The van der Waals surface area contributed by atoms with Crippen LogP contribution in [0, 0.1) is 0 Å². The summed E-state index contributed by atoms with van der Waals surface area (Å²) in [6.07, 6.45) is 1.22. The zero-order valence-corrected chi connectivity index (χ0v) is 12.6. The largest absolute Gasteiger partial charge is 0.504 e. The molecule has 0 saturated carbocycles. The molecular weight excluding hydrogens is 296 g/mol. The fourth-order valence-electron chi connectivity index (χ4n) is 2.52. The first-order valence-corrected chi connectivity index (χ1v) is 7.19. The number of rotatable bonds is 4. The molecule has 0 unspecified atom stereocenters. The Morgan fingerprint density at radius 3 is 2.52 bits per heavy atom. The summed E-state index contributed by atoms with van der Waals surface area (Å²) in [7, 11) is 1.34. The fraction of sp³-hybridized carbons (Fsp3) is 0.167. The highest BCUT2D eigenvalue weighted by Gasteiger charge is 2.17. The molecule has 0 aliphatic heterocycles. The Bertz CT molecular complexity index is 897. The van der Waals surface area contributed by atoms with Crippen LogP contribution >= 0.6 is 0 Å². The number of benzene rings is 2. The third kappa shape index (κ3) is 2.85. The number of aryl methyl sites for hydroxylation is 2. The van der Waals surface area contributed by atoms with Gasteiger partial charge in [0.15, 0.2) is 28.3 Å². The lowest BCUT2D eigenvalue weighted by Crippen LogP contribution is -2.04. The number of methoxy groups -OCH3 is 1. The van der Waals surface area contributed by atoms with Crippen LogP contribution in [-0.4, -0.2) is 17.3 Å². The van der Waals surface area contributed by atoms with Crippen molar-refractivity contribution in [3.05, 3.63) is 64.0 Å². The van der Waals surface area contributed by atoms with Crippen LogP contribution in [-0.2, 0) is 12.8 Å². The number of hydrogen-bond donors (Lipinski definition) is 2. The van der Waals surface area contributed by atoms with Crippen molar-refractivity contribution >= 4 is 11.0 Å². The summed E-state index contributed by atoms with van der Waals surface area (Å²) in [5, 5.41) is 20.0. The first-order valence-electron chi connectivity index (χ1n) is 7.19. The molecule has 0 aliphatic carbocycles. The molecule has 2 N–H and O–H groups in total. The van der Waals surface area contributed by atoms with Crippen molar-refractivity contribution in [1.29, 1.82) is 0 Å². The molecule has 1 aromatic heterocycles. The normalized spacial score (nSPS) is 10.8. The molecule has 0 spiro atoms. The highest BCUT2D eigenvalue weighted by atomic mass is 16.5. The standard InChI is InChI=1S/C18H16O5/c1-22-15-10-14(20)18-16(17(15)21)13(19)9-12(23-18)8-7-11-5-3-2-4-6-11/h2-6,9-10,20-21H,7-8H2,1H3. The number of ether oxygens (including phenoxy) is 1. The van der Waals surface area contributed by atoms with Crippen molar-refractivity contribution in [2.75, 3.05) is 7.11 Å². The van der Waals surface area contributed by atoms with Gasteiger partial charge in [-0.25, -0.2) is 0 Å². The van der Waals surface area contributed by atoms with Gasteiger partial charge < -0.3 is 19.4 Å². The van der Waals surface area contributed by atoms with Gasteiger partial charge in [-0.1, -0.05) is 30.3 Å².